The zero-order valence-electron chi connectivity index (χ0n) is 22.9. The molecule has 2 aromatic heterocycles. The van der Waals surface area contributed by atoms with Gasteiger partial charge in [0.2, 0.25) is 5.91 Å². The minimum atomic E-state index is -1.57. The van der Waals surface area contributed by atoms with Gasteiger partial charge in [0, 0.05) is 40.5 Å². The molecule has 0 saturated heterocycles. The number of nitrogens with zero attached hydrogens (tertiary/aromatic N) is 1. The number of thiophene rings is 1. The van der Waals surface area contributed by atoms with Crippen molar-refractivity contribution in [2.24, 2.45) is 11.5 Å². The monoisotopic (exact) mass is 580 g/mol. The minimum absolute atomic E-state index is 0.0552. The number of nitrogens with two attached hydrogens (primary N) is 3. The van der Waals surface area contributed by atoms with Gasteiger partial charge in [0.15, 0.2) is 5.78 Å². The second-order valence-electron chi connectivity index (χ2n) is 10.9. The predicted molar refractivity (Wildman–Crippen MR) is 165 cm³/mol. The predicted octanol–water partition coefficient (Wildman–Crippen LogP) is 3.67. The first-order valence-corrected chi connectivity index (χ1v) is 14.7. The zero-order chi connectivity index (χ0) is 29.6. The Morgan fingerprint density at radius 2 is 1.81 bits per heavy atom. The molecule has 2 aliphatic carbocycles. The van der Waals surface area contributed by atoms with E-state index in [0.717, 1.165) is 24.8 Å². The molecule has 4 atom stereocenters. The van der Waals surface area contributed by atoms with E-state index in [0.29, 0.717) is 49.5 Å². The van der Waals surface area contributed by atoms with Crippen LogP contribution in [-0.4, -0.2) is 34.7 Å². The van der Waals surface area contributed by atoms with Crippen LogP contribution < -0.4 is 27.8 Å². The molecule has 2 aliphatic rings. The second kappa shape index (κ2) is 10.8. The van der Waals surface area contributed by atoms with Crippen molar-refractivity contribution >= 4 is 44.7 Å². The highest BCUT2D eigenvalue weighted by Gasteiger charge is 2.49. The number of nitrogens with one attached hydrogen (secondary N) is 2. The van der Waals surface area contributed by atoms with Crippen LogP contribution in [-0.2, 0) is 15.1 Å². The molecular formula is C32H32N6O3S. The summed E-state index contributed by atoms with van der Waals surface area (Å²) in [5.41, 5.74) is 22.1. The Hall–Kier alpha value is -4.38. The zero-order valence-corrected chi connectivity index (χ0v) is 23.7. The maximum absolute atomic E-state index is 14.1. The molecule has 2 heterocycles. The topological polar surface area (TPSA) is 166 Å². The summed E-state index contributed by atoms with van der Waals surface area (Å²) in [4.78, 5) is 44.5. The van der Waals surface area contributed by atoms with Crippen molar-refractivity contribution in [3.05, 3.63) is 95.0 Å². The van der Waals surface area contributed by atoms with E-state index in [1.165, 1.54) is 17.4 Å². The molecule has 0 radical (unpaired) electrons. The fourth-order valence-corrected chi connectivity index (χ4v) is 7.46. The summed E-state index contributed by atoms with van der Waals surface area (Å²) in [6.45, 7) is 3.51. The molecule has 0 aliphatic heterocycles. The third-order valence-corrected chi connectivity index (χ3v) is 9.60. The molecule has 1 saturated carbocycles. The van der Waals surface area contributed by atoms with E-state index in [9.17, 15) is 14.4 Å². The van der Waals surface area contributed by atoms with Crippen LogP contribution in [0.5, 0.6) is 0 Å². The van der Waals surface area contributed by atoms with Crippen LogP contribution in [0, 0.1) is 0 Å². The Labute approximate surface area is 247 Å². The van der Waals surface area contributed by atoms with Crippen LogP contribution in [0.2, 0.25) is 0 Å². The van der Waals surface area contributed by atoms with Crippen molar-refractivity contribution in [3.8, 4) is 11.3 Å². The number of benzene rings is 2. The summed E-state index contributed by atoms with van der Waals surface area (Å²) in [6, 6.07) is 15.3. The number of pyridine rings is 1. The lowest BCUT2D eigenvalue weighted by molar-refractivity contribution is -0.124. The van der Waals surface area contributed by atoms with Gasteiger partial charge in [-0.3, -0.25) is 19.4 Å². The van der Waals surface area contributed by atoms with E-state index < -0.39 is 17.4 Å². The van der Waals surface area contributed by atoms with Gasteiger partial charge in [-0.2, -0.15) is 0 Å². The molecule has 1 fully saturated rings. The fraction of sp³-hybridized carbons (Fsp3) is 0.250. The third kappa shape index (κ3) is 4.57. The molecular weight excluding hydrogens is 548 g/mol. The quantitative estimate of drug-likeness (QED) is 0.171. The number of hydrogen-bond donors (Lipinski definition) is 5. The van der Waals surface area contributed by atoms with Gasteiger partial charge in [-0.15, -0.1) is 11.3 Å². The number of amides is 2. The van der Waals surface area contributed by atoms with Gasteiger partial charge in [-0.25, -0.2) is 0 Å². The SMILES string of the molecule is C=CC(=O)N[C@@H]1CCC[C@@H](NC(=O)c2sc3c(N)ccc4c3c2C(N)C(=O)C4(N)c2ccnc(-c3ccccc3)c2)C1. The van der Waals surface area contributed by atoms with Crippen molar-refractivity contribution in [1.82, 2.24) is 15.6 Å². The highest BCUT2D eigenvalue weighted by Crippen LogP contribution is 2.49. The van der Waals surface area contributed by atoms with Crippen molar-refractivity contribution in [1.29, 1.82) is 0 Å². The van der Waals surface area contributed by atoms with Crippen molar-refractivity contribution in [2.45, 2.75) is 49.3 Å². The first-order valence-electron chi connectivity index (χ1n) is 13.9. The number of carbonyl (C=O) groups excluding carboxylic acids is 3. The molecule has 0 spiro atoms. The largest absolute Gasteiger partial charge is 0.398 e. The van der Waals surface area contributed by atoms with Gasteiger partial charge < -0.3 is 27.8 Å². The summed E-state index contributed by atoms with van der Waals surface area (Å²) in [6.07, 6.45) is 5.95. The van der Waals surface area contributed by atoms with Crippen LogP contribution in [0.25, 0.3) is 21.3 Å². The summed E-state index contributed by atoms with van der Waals surface area (Å²) in [5.74, 6) is -0.965. The summed E-state index contributed by atoms with van der Waals surface area (Å²) < 4.78 is 0.669. The van der Waals surface area contributed by atoms with E-state index in [1.807, 2.05) is 36.4 Å². The van der Waals surface area contributed by atoms with Crippen LogP contribution >= 0.6 is 11.3 Å². The van der Waals surface area contributed by atoms with Crippen molar-refractivity contribution < 1.29 is 14.4 Å². The average Bonchev–Trinajstić information content (AvgIpc) is 3.42. The van der Waals surface area contributed by atoms with E-state index >= 15 is 0 Å². The number of anilines is 1. The lowest BCUT2D eigenvalue weighted by Gasteiger charge is -2.36. The molecule has 6 rings (SSSR count). The number of aromatic nitrogens is 1. The number of rotatable bonds is 6. The molecule has 0 bridgehead atoms. The number of carbonyl (C=O) groups is 3. The second-order valence-corrected chi connectivity index (χ2v) is 12.0. The van der Waals surface area contributed by atoms with Gasteiger partial charge in [0.05, 0.1) is 21.3 Å². The Bertz CT molecular complexity index is 1740. The van der Waals surface area contributed by atoms with Gasteiger partial charge in [-0.05, 0) is 61.1 Å². The Balaban J connectivity index is 1.40. The molecule has 42 heavy (non-hydrogen) atoms. The maximum Gasteiger partial charge on any atom is 0.261 e. The first-order chi connectivity index (χ1) is 20.2. The number of nitrogen functional groups attached to an aromatic ring is 1. The van der Waals surface area contributed by atoms with Crippen LogP contribution in [0.4, 0.5) is 5.69 Å². The summed E-state index contributed by atoms with van der Waals surface area (Å²) in [5, 5.41) is 6.69. The normalized spacial score (nSPS) is 23.4. The molecule has 10 heteroatoms. The molecule has 9 nitrogen and oxygen atoms in total. The summed E-state index contributed by atoms with van der Waals surface area (Å²) in [7, 11) is 0. The van der Waals surface area contributed by atoms with E-state index in [4.69, 9.17) is 17.2 Å². The average molecular weight is 581 g/mol. The molecule has 8 N–H and O–H groups in total. The molecule has 2 amide bonds. The van der Waals surface area contributed by atoms with Crippen LogP contribution in [0.15, 0.2) is 73.4 Å². The smallest absolute Gasteiger partial charge is 0.261 e. The van der Waals surface area contributed by atoms with Crippen LogP contribution in [0.1, 0.15) is 58.1 Å². The van der Waals surface area contributed by atoms with Crippen molar-refractivity contribution in [2.75, 3.05) is 5.73 Å². The maximum atomic E-state index is 14.1. The first kappa shape index (κ1) is 27.8. The van der Waals surface area contributed by atoms with Crippen molar-refractivity contribution in [3.63, 3.8) is 0 Å². The number of Topliss-reactive ketones (excluding diaryl/α,β-unsaturated/α-hetero) is 1. The minimum Gasteiger partial charge on any atom is -0.398 e. The highest BCUT2D eigenvalue weighted by atomic mass is 32.1. The van der Waals surface area contributed by atoms with E-state index in [2.05, 4.69) is 22.2 Å². The van der Waals surface area contributed by atoms with Gasteiger partial charge in [0.1, 0.15) is 5.54 Å². The molecule has 2 aromatic carbocycles. The third-order valence-electron chi connectivity index (χ3n) is 8.35. The number of hydrogen-bond acceptors (Lipinski definition) is 8. The Morgan fingerprint density at radius 3 is 2.55 bits per heavy atom. The lowest BCUT2D eigenvalue weighted by Crippen LogP contribution is -2.52. The summed E-state index contributed by atoms with van der Waals surface area (Å²) >= 11 is 1.22. The highest BCUT2D eigenvalue weighted by molar-refractivity contribution is 7.21. The van der Waals surface area contributed by atoms with Crippen LogP contribution in [0.3, 0.4) is 0 Å². The molecule has 4 aromatic rings. The van der Waals surface area contributed by atoms with Gasteiger partial charge >= 0.3 is 0 Å². The van der Waals surface area contributed by atoms with E-state index in [1.54, 1.807) is 24.4 Å². The number of ketones is 1. The lowest BCUT2D eigenvalue weighted by atomic mass is 9.70. The van der Waals surface area contributed by atoms with E-state index in [-0.39, 0.29) is 23.9 Å². The molecule has 2 unspecified atom stereocenters. The standard InChI is InChI=1S/C32H32N6O3S/c1-2-24(39)37-19-9-6-10-20(16-19)38-31(41)29-26-25-21(11-12-22(33)28(25)42-29)32(35,30(40)27(26)34)18-13-14-36-23(15-18)17-7-4-3-5-8-17/h2-5,7-8,11-15,19-20,27H,1,6,9-10,16,33-35H2,(H,37,39)(H,38,41)/t19-,20-,27?,32?/m1/s1. The van der Waals surface area contributed by atoms with Gasteiger partial charge in [0.25, 0.3) is 5.91 Å². The Kier molecular flexibility index (Phi) is 7.14. The fourth-order valence-electron chi connectivity index (χ4n) is 6.25. The molecule has 214 valence electrons. The van der Waals surface area contributed by atoms with Gasteiger partial charge in [-0.1, -0.05) is 43.0 Å². The Morgan fingerprint density at radius 1 is 1.07 bits per heavy atom.